The highest BCUT2D eigenvalue weighted by atomic mass is 35.5. The Bertz CT molecular complexity index is 463. The maximum Gasteiger partial charge on any atom is 0.236 e. The Kier molecular flexibility index (Phi) is 8.59. The predicted octanol–water partition coefficient (Wildman–Crippen LogP) is 2.56. The van der Waals surface area contributed by atoms with Gasteiger partial charge in [0.1, 0.15) is 0 Å². The molecule has 2 atom stereocenters. The van der Waals surface area contributed by atoms with Crippen LogP contribution in [0.4, 0.5) is 0 Å². The third-order valence-electron chi connectivity index (χ3n) is 4.63. The van der Waals surface area contributed by atoms with Crippen LogP contribution in [-0.2, 0) is 4.79 Å². The summed E-state index contributed by atoms with van der Waals surface area (Å²) in [6.07, 6.45) is 2.51. The first-order valence-electron chi connectivity index (χ1n) is 8.27. The van der Waals surface area contributed by atoms with E-state index >= 15 is 0 Å². The molecule has 0 radical (unpaired) electrons. The van der Waals surface area contributed by atoms with E-state index in [9.17, 15) is 4.79 Å². The molecule has 0 bridgehead atoms. The van der Waals surface area contributed by atoms with E-state index in [2.05, 4.69) is 29.3 Å². The number of benzene rings is 1. The number of carbonyl (C=O) groups excluding carboxylic acids is 1. The molecule has 23 heavy (non-hydrogen) atoms. The number of nitrogens with zero attached hydrogens (tertiary/aromatic N) is 2. The van der Waals surface area contributed by atoms with Crippen LogP contribution in [0.1, 0.15) is 31.4 Å². The summed E-state index contributed by atoms with van der Waals surface area (Å²) < 4.78 is 0. The molecule has 0 aromatic heterocycles. The average Bonchev–Trinajstić information content (AvgIpc) is 2.55. The Hall–Kier alpha value is -1.10. The number of hydrogen-bond donors (Lipinski definition) is 1. The molecular formula is C18H30ClN3O. The molecule has 5 heteroatoms. The molecule has 0 spiro atoms. The van der Waals surface area contributed by atoms with Gasteiger partial charge in [-0.2, -0.15) is 0 Å². The summed E-state index contributed by atoms with van der Waals surface area (Å²) in [6, 6.07) is 10.3. The molecule has 1 aromatic carbocycles. The van der Waals surface area contributed by atoms with Crippen LogP contribution < -0.4 is 5.32 Å². The van der Waals surface area contributed by atoms with Crippen LogP contribution in [0.5, 0.6) is 0 Å². The van der Waals surface area contributed by atoms with Crippen LogP contribution in [-0.4, -0.2) is 56.0 Å². The quantitative estimate of drug-likeness (QED) is 0.865. The van der Waals surface area contributed by atoms with Gasteiger partial charge in [-0.3, -0.25) is 9.69 Å². The van der Waals surface area contributed by atoms with Gasteiger partial charge in [0.05, 0.1) is 12.6 Å². The zero-order valence-corrected chi connectivity index (χ0v) is 15.3. The van der Waals surface area contributed by atoms with Gasteiger partial charge in [-0.1, -0.05) is 30.3 Å². The van der Waals surface area contributed by atoms with Gasteiger partial charge < -0.3 is 10.2 Å². The minimum absolute atomic E-state index is 0. The van der Waals surface area contributed by atoms with E-state index < -0.39 is 0 Å². The van der Waals surface area contributed by atoms with Crippen LogP contribution in [0, 0.1) is 5.92 Å². The van der Waals surface area contributed by atoms with Crippen molar-refractivity contribution in [1.82, 2.24) is 15.1 Å². The molecule has 130 valence electrons. The molecule has 0 saturated carbocycles. The molecular weight excluding hydrogens is 310 g/mol. The Morgan fingerprint density at radius 2 is 2.00 bits per heavy atom. The van der Waals surface area contributed by atoms with Gasteiger partial charge in [0.15, 0.2) is 0 Å². The molecule has 2 unspecified atom stereocenters. The standard InChI is InChI=1S/C18H29N3O.ClH/c1-15(17-9-5-4-6-10-17)21(3)18(22)14-20(2)13-16-8-7-11-19-12-16;/h4-6,9-10,15-16,19H,7-8,11-14H2,1-3H3;1H. The first-order chi connectivity index (χ1) is 10.6. The highest BCUT2D eigenvalue weighted by Crippen LogP contribution is 2.18. The number of likely N-dealkylation sites (N-methyl/N-ethyl adjacent to an activating group) is 2. The summed E-state index contributed by atoms with van der Waals surface area (Å²) in [5.74, 6) is 0.853. The van der Waals surface area contributed by atoms with Crippen molar-refractivity contribution in [3.63, 3.8) is 0 Å². The van der Waals surface area contributed by atoms with Crippen LogP contribution in [0.25, 0.3) is 0 Å². The summed E-state index contributed by atoms with van der Waals surface area (Å²) in [5, 5.41) is 3.43. The van der Waals surface area contributed by atoms with Crippen LogP contribution >= 0.6 is 12.4 Å². The Labute approximate surface area is 146 Å². The third kappa shape index (κ3) is 6.13. The first kappa shape index (κ1) is 19.9. The number of carbonyl (C=O) groups is 1. The van der Waals surface area contributed by atoms with Crippen molar-refractivity contribution in [2.45, 2.75) is 25.8 Å². The molecule has 0 aliphatic carbocycles. The summed E-state index contributed by atoms with van der Waals surface area (Å²) in [5.41, 5.74) is 1.18. The molecule has 1 fully saturated rings. The van der Waals surface area contributed by atoms with Crippen molar-refractivity contribution in [2.24, 2.45) is 5.92 Å². The lowest BCUT2D eigenvalue weighted by Gasteiger charge is -2.30. The minimum Gasteiger partial charge on any atom is -0.338 e. The van der Waals surface area contributed by atoms with Crippen molar-refractivity contribution >= 4 is 18.3 Å². The van der Waals surface area contributed by atoms with Gasteiger partial charge in [0, 0.05) is 13.6 Å². The summed E-state index contributed by atoms with van der Waals surface area (Å²) in [6.45, 7) is 5.78. The highest BCUT2D eigenvalue weighted by molar-refractivity contribution is 5.85. The second kappa shape index (κ2) is 9.91. The molecule has 1 aliphatic heterocycles. The molecule has 1 N–H and O–H groups in total. The average molecular weight is 340 g/mol. The zero-order valence-electron chi connectivity index (χ0n) is 14.5. The van der Waals surface area contributed by atoms with E-state index in [1.54, 1.807) is 0 Å². The Balaban J connectivity index is 0.00000264. The number of nitrogens with one attached hydrogen (secondary N) is 1. The maximum absolute atomic E-state index is 12.5. The van der Waals surface area contributed by atoms with E-state index in [-0.39, 0.29) is 24.4 Å². The van der Waals surface area contributed by atoms with Crippen LogP contribution in [0.15, 0.2) is 30.3 Å². The van der Waals surface area contributed by atoms with Crippen molar-refractivity contribution in [3.8, 4) is 0 Å². The second-order valence-electron chi connectivity index (χ2n) is 6.50. The van der Waals surface area contributed by atoms with Crippen molar-refractivity contribution in [1.29, 1.82) is 0 Å². The topological polar surface area (TPSA) is 35.6 Å². The predicted molar refractivity (Wildman–Crippen MR) is 98.0 cm³/mol. The maximum atomic E-state index is 12.5. The molecule has 1 heterocycles. The van der Waals surface area contributed by atoms with Gasteiger partial charge in [-0.15, -0.1) is 12.4 Å². The van der Waals surface area contributed by atoms with Crippen LogP contribution in [0.3, 0.4) is 0 Å². The largest absolute Gasteiger partial charge is 0.338 e. The highest BCUT2D eigenvalue weighted by Gasteiger charge is 2.20. The SMILES string of the molecule is CC(c1ccccc1)N(C)C(=O)CN(C)CC1CCCNC1.Cl. The van der Waals surface area contributed by atoms with Gasteiger partial charge in [0.2, 0.25) is 5.91 Å². The molecule has 1 aromatic rings. The third-order valence-corrected chi connectivity index (χ3v) is 4.63. The number of rotatable bonds is 6. The number of hydrogen-bond acceptors (Lipinski definition) is 3. The molecule has 2 rings (SSSR count). The van der Waals surface area contributed by atoms with Gasteiger partial charge in [-0.05, 0) is 51.4 Å². The first-order valence-corrected chi connectivity index (χ1v) is 8.27. The van der Waals surface area contributed by atoms with E-state index in [0.29, 0.717) is 12.5 Å². The van der Waals surface area contributed by atoms with Crippen molar-refractivity contribution in [2.75, 3.05) is 40.3 Å². The van der Waals surface area contributed by atoms with Crippen molar-refractivity contribution in [3.05, 3.63) is 35.9 Å². The normalized spacial score (nSPS) is 19.0. The van der Waals surface area contributed by atoms with Gasteiger partial charge >= 0.3 is 0 Å². The second-order valence-corrected chi connectivity index (χ2v) is 6.50. The fourth-order valence-electron chi connectivity index (χ4n) is 3.10. The lowest BCUT2D eigenvalue weighted by molar-refractivity contribution is -0.132. The number of halogens is 1. The van der Waals surface area contributed by atoms with Gasteiger partial charge in [0.25, 0.3) is 0 Å². The van der Waals surface area contributed by atoms with E-state index in [0.717, 1.165) is 19.6 Å². The Morgan fingerprint density at radius 1 is 1.30 bits per heavy atom. The zero-order chi connectivity index (χ0) is 15.9. The molecule has 1 amide bonds. The summed E-state index contributed by atoms with van der Waals surface area (Å²) in [4.78, 5) is 16.5. The number of piperidine rings is 1. The van der Waals surface area contributed by atoms with E-state index in [1.807, 2.05) is 37.2 Å². The fraction of sp³-hybridized carbons (Fsp3) is 0.611. The van der Waals surface area contributed by atoms with E-state index in [1.165, 1.54) is 18.4 Å². The van der Waals surface area contributed by atoms with Crippen LogP contribution in [0.2, 0.25) is 0 Å². The minimum atomic E-state index is 0. The molecule has 1 saturated heterocycles. The van der Waals surface area contributed by atoms with E-state index in [4.69, 9.17) is 0 Å². The molecule has 4 nitrogen and oxygen atoms in total. The summed E-state index contributed by atoms with van der Waals surface area (Å²) >= 11 is 0. The van der Waals surface area contributed by atoms with Gasteiger partial charge in [-0.25, -0.2) is 0 Å². The Morgan fingerprint density at radius 3 is 2.61 bits per heavy atom. The van der Waals surface area contributed by atoms with Crippen molar-refractivity contribution < 1.29 is 4.79 Å². The molecule has 1 aliphatic rings. The lowest BCUT2D eigenvalue weighted by Crippen LogP contribution is -2.42. The smallest absolute Gasteiger partial charge is 0.236 e. The monoisotopic (exact) mass is 339 g/mol. The lowest BCUT2D eigenvalue weighted by atomic mass is 9.99. The fourth-order valence-corrected chi connectivity index (χ4v) is 3.10. The summed E-state index contributed by atoms with van der Waals surface area (Å²) in [7, 11) is 3.95. The number of amides is 1.